The van der Waals surface area contributed by atoms with Gasteiger partial charge in [-0.05, 0) is 57.7 Å². The van der Waals surface area contributed by atoms with Gasteiger partial charge in [0.25, 0.3) is 5.91 Å². The summed E-state index contributed by atoms with van der Waals surface area (Å²) in [5.41, 5.74) is 3.30. The van der Waals surface area contributed by atoms with E-state index in [-0.39, 0.29) is 23.3 Å². The Balaban J connectivity index is 2.62. The van der Waals surface area contributed by atoms with Crippen LogP contribution in [0.3, 0.4) is 0 Å². The molecule has 1 aromatic rings. The van der Waals surface area contributed by atoms with Crippen molar-refractivity contribution in [2.45, 2.75) is 46.6 Å². The van der Waals surface area contributed by atoms with Crippen LogP contribution in [0.4, 0.5) is 0 Å². The largest absolute Gasteiger partial charge is 0.512 e. The molecule has 1 atom stereocenters. The van der Waals surface area contributed by atoms with Gasteiger partial charge in [0.2, 0.25) is 0 Å². The molecule has 122 valence electrons. The van der Waals surface area contributed by atoms with Crippen LogP contribution in [0.1, 0.15) is 38.3 Å². The zero-order chi connectivity index (χ0) is 17.4. The third kappa shape index (κ3) is 6.44. The molecule has 0 spiro atoms. The Hall–Kier alpha value is -2.47. The fourth-order valence-corrected chi connectivity index (χ4v) is 2.12. The van der Waals surface area contributed by atoms with Gasteiger partial charge in [-0.2, -0.15) is 0 Å². The summed E-state index contributed by atoms with van der Waals surface area (Å²) in [5.74, 6) is 2.24. The monoisotopic (exact) mass is 311 g/mol. The lowest BCUT2D eigenvalue weighted by atomic mass is 10.0. The predicted molar refractivity (Wildman–Crippen MR) is 95.0 cm³/mol. The van der Waals surface area contributed by atoms with Crippen molar-refractivity contribution in [3.63, 3.8) is 0 Å². The first kappa shape index (κ1) is 18.6. The van der Waals surface area contributed by atoms with E-state index in [0.717, 1.165) is 12.8 Å². The molecule has 0 aliphatic rings. The highest BCUT2D eigenvalue weighted by Crippen LogP contribution is 2.09. The molecular weight excluding hydrogens is 286 g/mol. The Morgan fingerprint density at radius 2 is 2.13 bits per heavy atom. The number of benzene rings is 1. The van der Waals surface area contributed by atoms with Crippen LogP contribution in [-0.4, -0.2) is 17.1 Å². The summed E-state index contributed by atoms with van der Waals surface area (Å²) in [7, 11) is 0. The van der Waals surface area contributed by atoms with E-state index in [1.807, 2.05) is 13.0 Å². The van der Waals surface area contributed by atoms with Crippen molar-refractivity contribution >= 4 is 5.91 Å². The Morgan fingerprint density at radius 3 is 2.70 bits per heavy atom. The Morgan fingerprint density at radius 1 is 1.43 bits per heavy atom. The number of terminal acetylenes is 1. The molecule has 1 rings (SSSR count). The van der Waals surface area contributed by atoms with E-state index in [1.54, 1.807) is 13.8 Å². The number of hydrogen-bond donors (Lipinski definition) is 2. The van der Waals surface area contributed by atoms with Crippen molar-refractivity contribution in [1.29, 1.82) is 0 Å². The van der Waals surface area contributed by atoms with Crippen molar-refractivity contribution in [1.82, 2.24) is 5.32 Å². The maximum absolute atomic E-state index is 12.2. The molecule has 2 N–H and O–H groups in total. The predicted octanol–water partition coefficient (Wildman–Crippen LogP) is 3.84. The Bertz CT molecular complexity index is 658. The van der Waals surface area contributed by atoms with E-state index in [9.17, 15) is 9.90 Å². The molecule has 1 aromatic carbocycles. The summed E-state index contributed by atoms with van der Waals surface area (Å²) < 4.78 is 0. The van der Waals surface area contributed by atoms with E-state index in [4.69, 9.17) is 6.42 Å². The van der Waals surface area contributed by atoms with Crippen LogP contribution in [0, 0.1) is 19.3 Å². The minimum absolute atomic E-state index is 0.0132. The number of aryl methyl sites for hydroxylation is 2. The average Bonchev–Trinajstić information content (AvgIpc) is 2.50. The minimum atomic E-state index is -0.287. The quantitative estimate of drug-likeness (QED) is 0.363. The number of nitrogens with one attached hydrogen (secondary N) is 1. The van der Waals surface area contributed by atoms with Gasteiger partial charge >= 0.3 is 0 Å². The number of aliphatic hydroxyl groups excluding tert-OH is 1. The lowest BCUT2D eigenvalue weighted by Crippen LogP contribution is -2.33. The maximum Gasteiger partial charge on any atom is 0.259 e. The zero-order valence-electron chi connectivity index (χ0n) is 14.3. The fraction of sp³-hybridized carbons (Fsp3) is 0.350. The topological polar surface area (TPSA) is 49.3 Å². The summed E-state index contributed by atoms with van der Waals surface area (Å²) in [4.78, 5) is 12.2. The van der Waals surface area contributed by atoms with Crippen molar-refractivity contribution in [3.8, 4) is 12.3 Å². The lowest BCUT2D eigenvalue weighted by Gasteiger charge is -2.14. The first-order valence-electron chi connectivity index (χ1n) is 7.74. The van der Waals surface area contributed by atoms with Crippen LogP contribution in [0.15, 0.2) is 47.2 Å². The number of carbonyl (C=O) groups is 1. The van der Waals surface area contributed by atoms with Gasteiger partial charge < -0.3 is 10.4 Å². The number of allylic oxidation sites excluding steroid dienone is 3. The molecule has 0 heterocycles. The average molecular weight is 311 g/mol. The first-order chi connectivity index (χ1) is 10.8. The third-order valence-electron chi connectivity index (χ3n) is 3.66. The van der Waals surface area contributed by atoms with E-state index >= 15 is 0 Å². The number of carbonyl (C=O) groups excluding carboxylic acids is 1. The molecule has 0 aromatic heterocycles. The van der Waals surface area contributed by atoms with Crippen LogP contribution in [0.2, 0.25) is 0 Å². The molecule has 3 heteroatoms. The molecule has 23 heavy (non-hydrogen) atoms. The van der Waals surface area contributed by atoms with Crippen LogP contribution >= 0.6 is 0 Å². The number of aliphatic hydroxyl groups is 1. The number of rotatable bonds is 6. The highest BCUT2D eigenvalue weighted by atomic mass is 16.3. The summed E-state index contributed by atoms with van der Waals surface area (Å²) in [6.07, 6.45) is 8.65. The standard InChI is InChI=1S/C20H25NO2/c1-6-19(13-15(3)17(5)22)20(23)21-16(4)10-11-18-9-7-8-14(2)12-18/h1,7-9,12-13,16,22H,10-11H2,2-5H3,(H,21,23)/b17-15+,19-13+. The minimum Gasteiger partial charge on any atom is -0.512 e. The molecule has 1 unspecified atom stereocenters. The van der Waals surface area contributed by atoms with E-state index in [0.29, 0.717) is 5.57 Å². The van der Waals surface area contributed by atoms with Crippen molar-refractivity contribution < 1.29 is 9.90 Å². The zero-order valence-corrected chi connectivity index (χ0v) is 14.3. The summed E-state index contributed by atoms with van der Waals surface area (Å²) in [6.45, 7) is 7.29. The van der Waals surface area contributed by atoms with Crippen molar-refractivity contribution in [2.75, 3.05) is 0 Å². The van der Waals surface area contributed by atoms with Gasteiger partial charge in [-0.25, -0.2) is 0 Å². The molecule has 1 amide bonds. The number of amides is 1. The molecule has 0 saturated carbocycles. The van der Waals surface area contributed by atoms with Crippen molar-refractivity contribution in [2.24, 2.45) is 0 Å². The molecule has 0 fully saturated rings. The second kappa shape index (κ2) is 8.85. The molecule has 0 radical (unpaired) electrons. The van der Waals surface area contributed by atoms with E-state index < -0.39 is 0 Å². The van der Waals surface area contributed by atoms with E-state index in [2.05, 4.69) is 36.4 Å². The van der Waals surface area contributed by atoms with Gasteiger partial charge in [0.05, 0.1) is 11.3 Å². The number of hydrogen-bond acceptors (Lipinski definition) is 2. The molecular formula is C20H25NO2. The second-order valence-electron chi connectivity index (χ2n) is 5.87. The fourth-order valence-electron chi connectivity index (χ4n) is 2.12. The molecule has 0 aliphatic carbocycles. The van der Waals surface area contributed by atoms with Crippen molar-refractivity contribution in [3.05, 3.63) is 58.4 Å². The van der Waals surface area contributed by atoms with Gasteiger partial charge in [0.15, 0.2) is 0 Å². The van der Waals surface area contributed by atoms with Gasteiger partial charge in [-0.3, -0.25) is 4.79 Å². The molecule has 0 bridgehead atoms. The second-order valence-corrected chi connectivity index (χ2v) is 5.87. The highest BCUT2D eigenvalue weighted by molar-refractivity contribution is 5.98. The molecule has 0 aliphatic heterocycles. The Labute approximate surface area is 139 Å². The van der Waals surface area contributed by atoms with Crippen LogP contribution < -0.4 is 5.32 Å². The molecule has 3 nitrogen and oxygen atoms in total. The van der Waals surface area contributed by atoms with Gasteiger partial charge in [0, 0.05) is 6.04 Å². The highest BCUT2D eigenvalue weighted by Gasteiger charge is 2.11. The summed E-state index contributed by atoms with van der Waals surface area (Å²) in [5, 5.41) is 12.3. The van der Waals surface area contributed by atoms with Crippen LogP contribution in [0.5, 0.6) is 0 Å². The van der Waals surface area contributed by atoms with Crippen LogP contribution in [-0.2, 0) is 11.2 Å². The Kier molecular flexibility index (Phi) is 7.15. The normalized spacial score (nSPS) is 13.8. The van der Waals surface area contributed by atoms with Gasteiger partial charge in [-0.1, -0.05) is 35.7 Å². The summed E-state index contributed by atoms with van der Waals surface area (Å²) >= 11 is 0. The van der Waals surface area contributed by atoms with Gasteiger partial charge in [-0.15, -0.1) is 6.42 Å². The SMILES string of the molecule is C#C/C(=C\C(C)=C(/C)O)C(=O)NC(C)CCc1cccc(C)c1. The smallest absolute Gasteiger partial charge is 0.259 e. The first-order valence-corrected chi connectivity index (χ1v) is 7.74. The maximum atomic E-state index is 12.2. The lowest BCUT2D eigenvalue weighted by molar-refractivity contribution is -0.117. The third-order valence-corrected chi connectivity index (χ3v) is 3.66. The van der Waals surface area contributed by atoms with E-state index in [1.165, 1.54) is 17.2 Å². The van der Waals surface area contributed by atoms with Gasteiger partial charge in [0.1, 0.15) is 0 Å². The summed E-state index contributed by atoms with van der Waals surface area (Å²) in [6, 6.07) is 8.36. The van der Waals surface area contributed by atoms with Crippen LogP contribution in [0.25, 0.3) is 0 Å². The molecule has 0 saturated heterocycles.